The molecule has 1 aromatic carbocycles. The molecule has 1 atom stereocenters. The summed E-state index contributed by atoms with van der Waals surface area (Å²) in [5.41, 5.74) is -1.64. The first kappa shape index (κ1) is 15.2. The topological polar surface area (TPSA) is 57.6 Å². The number of hydrogen-bond donors (Lipinski definition) is 1. The third-order valence-electron chi connectivity index (χ3n) is 3.22. The van der Waals surface area contributed by atoms with Gasteiger partial charge in [0.1, 0.15) is 11.6 Å². The molecule has 0 bridgehead atoms. The quantitative estimate of drug-likeness (QED) is 0.517. The Hall–Kier alpha value is -2.19. The minimum atomic E-state index is -2.38. The van der Waals surface area contributed by atoms with Gasteiger partial charge in [-0.2, -0.15) is 0 Å². The molecule has 1 heterocycles. The van der Waals surface area contributed by atoms with Crippen LogP contribution < -0.4 is 0 Å². The summed E-state index contributed by atoms with van der Waals surface area (Å²) in [6.45, 7) is -0.144. The highest BCUT2D eigenvalue weighted by molar-refractivity contribution is 5.97. The zero-order chi connectivity index (χ0) is 15.9. The summed E-state index contributed by atoms with van der Waals surface area (Å²) in [4.78, 5) is 23.4. The van der Waals surface area contributed by atoms with Crippen LogP contribution in [0.15, 0.2) is 0 Å². The average molecular weight is 309 g/mol. The second-order valence-electron chi connectivity index (χ2n) is 4.44. The van der Waals surface area contributed by atoms with Crippen molar-refractivity contribution in [3.63, 3.8) is 0 Å². The van der Waals surface area contributed by atoms with E-state index in [1.54, 1.807) is 0 Å². The molecule has 1 aliphatic heterocycles. The minimum absolute atomic E-state index is 0.0382. The Bertz CT molecular complexity index is 605. The molecule has 0 saturated carbocycles. The van der Waals surface area contributed by atoms with Gasteiger partial charge in [0.2, 0.25) is 5.82 Å². The lowest BCUT2D eigenvalue weighted by Gasteiger charge is -2.22. The lowest BCUT2D eigenvalue weighted by molar-refractivity contribution is -0.141. The van der Waals surface area contributed by atoms with Crippen molar-refractivity contribution in [3.8, 4) is 0 Å². The van der Waals surface area contributed by atoms with E-state index < -0.39 is 52.6 Å². The van der Waals surface area contributed by atoms with Crippen LogP contribution in [0.5, 0.6) is 0 Å². The third kappa shape index (κ3) is 2.32. The highest BCUT2D eigenvalue weighted by Gasteiger charge is 2.39. The Morgan fingerprint density at radius 1 is 0.952 bits per heavy atom. The van der Waals surface area contributed by atoms with E-state index in [4.69, 9.17) is 5.11 Å². The van der Waals surface area contributed by atoms with Gasteiger partial charge < -0.3 is 10.0 Å². The fourth-order valence-corrected chi connectivity index (χ4v) is 2.20. The number of rotatable bonds is 2. The number of nitrogens with zero attached hydrogens (tertiary/aromatic N) is 1. The Morgan fingerprint density at radius 2 is 1.43 bits per heavy atom. The van der Waals surface area contributed by atoms with E-state index in [9.17, 15) is 31.5 Å². The molecule has 1 aliphatic rings. The number of carboxylic acids is 1. The lowest BCUT2D eigenvalue weighted by atomic mass is 10.1. The highest BCUT2D eigenvalue weighted by Crippen LogP contribution is 2.27. The minimum Gasteiger partial charge on any atom is -0.480 e. The van der Waals surface area contributed by atoms with Gasteiger partial charge in [0, 0.05) is 6.54 Å². The van der Waals surface area contributed by atoms with E-state index in [1.165, 1.54) is 0 Å². The predicted octanol–water partition coefficient (Wildman–Crippen LogP) is 2.07. The summed E-state index contributed by atoms with van der Waals surface area (Å²) < 4.78 is 66.0. The number of benzene rings is 1. The summed E-state index contributed by atoms with van der Waals surface area (Å²) in [5, 5.41) is 8.88. The maximum absolute atomic E-state index is 13.5. The highest BCUT2D eigenvalue weighted by atomic mass is 19.2. The predicted molar refractivity (Wildman–Crippen MR) is 57.9 cm³/mol. The van der Waals surface area contributed by atoms with E-state index in [0.29, 0.717) is 4.90 Å². The molecule has 114 valence electrons. The molecule has 9 heteroatoms. The maximum atomic E-state index is 13.5. The van der Waals surface area contributed by atoms with Crippen molar-refractivity contribution < 1.29 is 36.6 Å². The summed E-state index contributed by atoms with van der Waals surface area (Å²) in [5.74, 6) is -14.4. The van der Waals surface area contributed by atoms with E-state index in [1.807, 2.05) is 0 Å². The molecule has 0 aliphatic carbocycles. The van der Waals surface area contributed by atoms with Crippen LogP contribution in [0.1, 0.15) is 23.2 Å². The van der Waals surface area contributed by atoms with Crippen molar-refractivity contribution in [3.05, 3.63) is 34.6 Å². The molecule has 1 aromatic rings. The fourth-order valence-electron chi connectivity index (χ4n) is 2.20. The standard InChI is InChI=1S/C12H8F5NO3/c13-6-5(7(14)9(16)10(17)8(6)15)11(19)18-3-1-2-4(18)12(20)21/h4H,1-3H2,(H,20,21). The van der Waals surface area contributed by atoms with Crippen LogP contribution in [-0.2, 0) is 4.79 Å². The maximum Gasteiger partial charge on any atom is 0.326 e. The van der Waals surface area contributed by atoms with Crippen molar-refractivity contribution >= 4 is 11.9 Å². The molecular weight excluding hydrogens is 301 g/mol. The zero-order valence-electron chi connectivity index (χ0n) is 10.3. The van der Waals surface area contributed by atoms with Gasteiger partial charge in [-0.25, -0.2) is 26.7 Å². The van der Waals surface area contributed by atoms with E-state index in [-0.39, 0.29) is 19.4 Å². The van der Waals surface area contributed by atoms with Gasteiger partial charge in [-0.15, -0.1) is 0 Å². The SMILES string of the molecule is O=C(O)C1CCCN1C(=O)c1c(F)c(F)c(F)c(F)c1F. The van der Waals surface area contributed by atoms with Gasteiger partial charge in [0.05, 0.1) is 0 Å². The van der Waals surface area contributed by atoms with Crippen LogP contribution in [-0.4, -0.2) is 34.5 Å². The molecule has 4 nitrogen and oxygen atoms in total. The average Bonchev–Trinajstić information content (AvgIpc) is 2.92. The molecule has 1 saturated heterocycles. The van der Waals surface area contributed by atoms with Crippen LogP contribution >= 0.6 is 0 Å². The Morgan fingerprint density at radius 3 is 1.90 bits per heavy atom. The van der Waals surface area contributed by atoms with Crippen LogP contribution in [0.25, 0.3) is 0 Å². The second-order valence-corrected chi connectivity index (χ2v) is 4.44. The largest absolute Gasteiger partial charge is 0.480 e. The number of carboxylic acid groups (broad SMARTS) is 1. The molecule has 1 fully saturated rings. The first-order chi connectivity index (χ1) is 9.77. The van der Waals surface area contributed by atoms with E-state index in [0.717, 1.165) is 0 Å². The van der Waals surface area contributed by atoms with Crippen LogP contribution in [0.3, 0.4) is 0 Å². The Kier molecular flexibility index (Phi) is 3.84. The number of hydrogen-bond acceptors (Lipinski definition) is 2. The molecule has 0 radical (unpaired) electrons. The van der Waals surface area contributed by atoms with Crippen LogP contribution in [0, 0.1) is 29.1 Å². The van der Waals surface area contributed by atoms with Gasteiger partial charge in [-0.1, -0.05) is 0 Å². The molecule has 2 rings (SSSR count). The molecule has 21 heavy (non-hydrogen) atoms. The van der Waals surface area contributed by atoms with Gasteiger partial charge in [-0.3, -0.25) is 4.79 Å². The zero-order valence-corrected chi connectivity index (χ0v) is 10.3. The summed E-state index contributed by atoms with van der Waals surface area (Å²) >= 11 is 0. The fraction of sp³-hybridized carbons (Fsp3) is 0.333. The normalized spacial score (nSPS) is 18.1. The number of carbonyl (C=O) groups excluding carboxylic acids is 1. The number of likely N-dealkylation sites (tertiary alicyclic amines) is 1. The van der Waals surface area contributed by atoms with Crippen LogP contribution in [0.2, 0.25) is 0 Å². The number of amides is 1. The Labute approximate surface area is 114 Å². The summed E-state index contributed by atoms with van der Waals surface area (Å²) in [6, 6.07) is -1.35. The van der Waals surface area contributed by atoms with Gasteiger partial charge in [-0.05, 0) is 12.8 Å². The lowest BCUT2D eigenvalue weighted by Crippen LogP contribution is -2.41. The van der Waals surface area contributed by atoms with Crippen molar-refractivity contribution in [2.24, 2.45) is 0 Å². The van der Waals surface area contributed by atoms with E-state index in [2.05, 4.69) is 0 Å². The van der Waals surface area contributed by atoms with Crippen molar-refractivity contribution in [2.45, 2.75) is 18.9 Å². The molecule has 0 spiro atoms. The number of aliphatic carboxylic acids is 1. The van der Waals surface area contributed by atoms with Crippen molar-refractivity contribution in [1.29, 1.82) is 0 Å². The smallest absolute Gasteiger partial charge is 0.326 e. The summed E-state index contributed by atoms with van der Waals surface area (Å²) in [6.07, 6.45) is 0.286. The third-order valence-corrected chi connectivity index (χ3v) is 3.22. The summed E-state index contributed by atoms with van der Waals surface area (Å²) in [7, 11) is 0. The number of carbonyl (C=O) groups is 2. The molecule has 1 N–H and O–H groups in total. The van der Waals surface area contributed by atoms with Gasteiger partial charge in [0.15, 0.2) is 23.3 Å². The first-order valence-corrected chi connectivity index (χ1v) is 5.82. The molecule has 1 amide bonds. The molecule has 0 aromatic heterocycles. The van der Waals surface area contributed by atoms with Gasteiger partial charge in [0.25, 0.3) is 5.91 Å². The molecular formula is C12H8F5NO3. The van der Waals surface area contributed by atoms with E-state index >= 15 is 0 Å². The first-order valence-electron chi connectivity index (χ1n) is 5.82. The monoisotopic (exact) mass is 309 g/mol. The van der Waals surface area contributed by atoms with Crippen LogP contribution in [0.4, 0.5) is 22.0 Å². The second kappa shape index (κ2) is 5.30. The molecule has 1 unspecified atom stereocenters. The van der Waals surface area contributed by atoms with Crippen molar-refractivity contribution in [2.75, 3.05) is 6.54 Å². The number of halogens is 5. The van der Waals surface area contributed by atoms with Crippen molar-refractivity contribution in [1.82, 2.24) is 4.90 Å². The van der Waals surface area contributed by atoms with Gasteiger partial charge >= 0.3 is 5.97 Å². The Balaban J connectivity index is 2.52.